The number of allylic oxidation sites excluding steroid dienone is 3. The standard InChI is InChI=1S/C26H17NO2/c28-26-20-13-8-7-11-18(20)22-15-21-19-12-5-2-6-14-23(19)27(17-9-3-1-4-10-17)24(21)16-25(22)29-26/h1-13,15-16H,14H2. The summed E-state index contributed by atoms with van der Waals surface area (Å²) in [7, 11) is 0. The minimum atomic E-state index is -0.297. The summed E-state index contributed by atoms with van der Waals surface area (Å²) in [6.07, 6.45) is 9.38. The average molecular weight is 375 g/mol. The van der Waals surface area contributed by atoms with Crippen LogP contribution in [-0.4, -0.2) is 4.57 Å². The smallest absolute Gasteiger partial charge is 0.344 e. The number of para-hydroxylation sites is 1. The number of hydrogen-bond acceptors (Lipinski definition) is 2. The lowest BCUT2D eigenvalue weighted by Gasteiger charge is -2.10. The predicted molar refractivity (Wildman–Crippen MR) is 119 cm³/mol. The Morgan fingerprint density at radius 3 is 2.45 bits per heavy atom. The zero-order valence-electron chi connectivity index (χ0n) is 15.6. The topological polar surface area (TPSA) is 35.1 Å². The van der Waals surface area contributed by atoms with Gasteiger partial charge in [0.2, 0.25) is 0 Å². The molecular weight excluding hydrogens is 358 g/mol. The lowest BCUT2D eigenvalue weighted by atomic mass is 10.0. The molecule has 0 unspecified atom stereocenters. The quantitative estimate of drug-likeness (QED) is 0.265. The highest BCUT2D eigenvalue weighted by Crippen LogP contribution is 2.36. The third-order valence-electron chi connectivity index (χ3n) is 5.69. The first-order chi connectivity index (χ1) is 14.3. The molecule has 0 bridgehead atoms. The van der Waals surface area contributed by atoms with E-state index in [-0.39, 0.29) is 5.63 Å². The third kappa shape index (κ3) is 2.34. The van der Waals surface area contributed by atoms with Gasteiger partial charge in [-0.1, -0.05) is 60.7 Å². The molecule has 1 aliphatic carbocycles. The molecule has 3 nitrogen and oxygen atoms in total. The minimum absolute atomic E-state index is 0.297. The number of aromatic nitrogens is 1. The van der Waals surface area contributed by atoms with Crippen LogP contribution in [0.1, 0.15) is 11.3 Å². The molecule has 138 valence electrons. The lowest BCUT2D eigenvalue weighted by molar-refractivity contribution is 0.570. The lowest BCUT2D eigenvalue weighted by Crippen LogP contribution is -2.01. The highest BCUT2D eigenvalue weighted by atomic mass is 16.4. The van der Waals surface area contributed by atoms with Crippen molar-refractivity contribution in [3.8, 4) is 5.69 Å². The van der Waals surface area contributed by atoms with Gasteiger partial charge in [0.25, 0.3) is 0 Å². The van der Waals surface area contributed by atoms with Crippen LogP contribution in [0, 0.1) is 0 Å². The Hall–Kier alpha value is -3.85. The first-order valence-electron chi connectivity index (χ1n) is 9.73. The molecule has 0 saturated heterocycles. The van der Waals surface area contributed by atoms with E-state index >= 15 is 0 Å². The first-order valence-corrected chi connectivity index (χ1v) is 9.73. The van der Waals surface area contributed by atoms with E-state index in [1.54, 1.807) is 0 Å². The minimum Gasteiger partial charge on any atom is -0.422 e. The summed E-state index contributed by atoms with van der Waals surface area (Å²) >= 11 is 0. The van der Waals surface area contributed by atoms with Crippen LogP contribution in [0.25, 0.3) is 44.4 Å². The Balaban J connectivity index is 1.82. The molecule has 3 aromatic carbocycles. The number of fused-ring (bicyclic) bond motifs is 6. The highest BCUT2D eigenvalue weighted by Gasteiger charge is 2.19. The number of nitrogens with zero attached hydrogens (tertiary/aromatic N) is 1. The Bertz CT molecular complexity index is 1530. The van der Waals surface area contributed by atoms with Crippen molar-refractivity contribution < 1.29 is 4.42 Å². The van der Waals surface area contributed by atoms with Gasteiger partial charge in [-0.2, -0.15) is 0 Å². The summed E-state index contributed by atoms with van der Waals surface area (Å²) in [6, 6.07) is 22.2. The van der Waals surface area contributed by atoms with Gasteiger partial charge in [0, 0.05) is 40.2 Å². The van der Waals surface area contributed by atoms with E-state index < -0.39 is 0 Å². The van der Waals surface area contributed by atoms with Crippen LogP contribution < -0.4 is 5.63 Å². The fourth-order valence-corrected chi connectivity index (χ4v) is 4.41. The molecule has 0 saturated carbocycles. The number of hydrogen-bond donors (Lipinski definition) is 0. The second-order valence-corrected chi connectivity index (χ2v) is 7.32. The monoisotopic (exact) mass is 375 g/mol. The molecule has 0 aliphatic heterocycles. The second kappa shape index (κ2) is 6.08. The molecule has 0 fully saturated rings. The SMILES string of the molecule is O=c1oc2cc3c(cc2c2ccccc12)c1c(n3-c2ccccc2)CC=CC=C1. The zero-order chi connectivity index (χ0) is 19.4. The largest absolute Gasteiger partial charge is 0.422 e. The van der Waals surface area contributed by atoms with Crippen molar-refractivity contribution in [3.05, 3.63) is 107 Å². The van der Waals surface area contributed by atoms with E-state index in [0.717, 1.165) is 33.8 Å². The van der Waals surface area contributed by atoms with E-state index in [1.165, 1.54) is 11.3 Å². The molecule has 0 amide bonds. The van der Waals surface area contributed by atoms with E-state index in [0.29, 0.717) is 11.0 Å². The van der Waals surface area contributed by atoms with E-state index in [4.69, 9.17) is 4.42 Å². The normalized spacial score (nSPS) is 13.2. The van der Waals surface area contributed by atoms with Gasteiger partial charge >= 0.3 is 5.63 Å². The van der Waals surface area contributed by atoms with Crippen molar-refractivity contribution in [2.24, 2.45) is 0 Å². The fraction of sp³-hybridized carbons (Fsp3) is 0.0385. The summed E-state index contributed by atoms with van der Waals surface area (Å²) < 4.78 is 8.01. The summed E-state index contributed by atoms with van der Waals surface area (Å²) in [5.74, 6) is 0. The molecular formula is C26H17NO2. The summed E-state index contributed by atoms with van der Waals surface area (Å²) in [5.41, 5.74) is 4.92. The van der Waals surface area contributed by atoms with Crippen LogP contribution in [0.5, 0.6) is 0 Å². The maximum atomic E-state index is 12.5. The molecule has 6 rings (SSSR count). The van der Waals surface area contributed by atoms with Crippen molar-refractivity contribution in [2.75, 3.05) is 0 Å². The van der Waals surface area contributed by atoms with Gasteiger partial charge in [-0.3, -0.25) is 0 Å². The van der Waals surface area contributed by atoms with Crippen molar-refractivity contribution in [3.63, 3.8) is 0 Å². The van der Waals surface area contributed by atoms with Crippen LogP contribution in [0.15, 0.2) is 94.2 Å². The average Bonchev–Trinajstić information content (AvgIpc) is 2.89. The molecule has 1 aliphatic rings. The zero-order valence-corrected chi connectivity index (χ0v) is 15.6. The van der Waals surface area contributed by atoms with Gasteiger partial charge in [-0.25, -0.2) is 4.79 Å². The van der Waals surface area contributed by atoms with Crippen LogP contribution >= 0.6 is 0 Å². The Morgan fingerprint density at radius 2 is 1.59 bits per heavy atom. The second-order valence-electron chi connectivity index (χ2n) is 7.32. The maximum Gasteiger partial charge on any atom is 0.344 e. The van der Waals surface area contributed by atoms with Gasteiger partial charge in [0.05, 0.1) is 10.9 Å². The molecule has 5 aromatic rings. The van der Waals surface area contributed by atoms with Crippen molar-refractivity contribution in [1.29, 1.82) is 0 Å². The third-order valence-corrected chi connectivity index (χ3v) is 5.69. The predicted octanol–water partition coefficient (Wildman–Crippen LogP) is 6.02. The van der Waals surface area contributed by atoms with Crippen molar-refractivity contribution >= 4 is 38.7 Å². The molecule has 0 spiro atoms. The van der Waals surface area contributed by atoms with Crippen LogP contribution in [0.3, 0.4) is 0 Å². The van der Waals surface area contributed by atoms with Gasteiger partial charge in [0.15, 0.2) is 0 Å². The van der Waals surface area contributed by atoms with Gasteiger partial charge < -0.3 is 8.98 Å². The fourth-order valence-electron chi connectivity index (χ4n) is 4.41. The van der Waals surface area contributed by atoms with Crippen molar-refractivity contribution in [2.45, 2.75) is 6.42 Å². The maximum absolute atomic E-state index is 12.5. The van der Waals surface area contributed by atoms with Crippen molar-refractivity contribution in [1.82, 2.24) is 4.57 Å². The summed E-state index contributed by atoms with van der Waals surface area (Å²) in [4.78, 5) is 12.5. The summed E-state index contributed by atoms with van der Waals surface area (Å²) in [5, 5.41) is 3.67. The molecule has 0 N–H and O–H groups in total. The number of rotatable bonds is 1. The molecule has 2 heterocycles. The van der Waals surface area contributed by atoms with Gasteiger partial charge in [0.1, 0.15) is 5.58 Å². The molecule has 2 aromatic heterocycles. The molecule has 29 heavy (non-hydrogen) atoms. The Kier molecular flexibility index (Phi) is 3.38. The summed E-state index contributed by atoms with van der Waals surface area (Å²) in [6.45, 7) is 0. The van der Waals surface area contributed by atoms with Crippen LogP contribution in [0.4, 0.5) is 0 Å². The van der Waals surface area contributed by atoms with E-state index in [9.17, 15) is 4.79 Å². The van der Waals surface area contributed by atoms with E-state index in [1.807, 2.05) is 48.5 Å². The van der Waals surface area contributed by atoms with Crippen LogP contribution in [0.2, 0.25) is 0 Å². The Morgan fingerprint density at radius 1 is 0.793 bits per heavy atom. The molecule has 3 heteroatoms. The van der Waals surface area contributed by atoms with E-state index in [2.05, 4.69) is 47.1 Å². The van der Waals surface area contributed by atoms with Crippen LogP contribution in [-0.2, 0) is 6.42 Å². The Labute approximate surface area is 166 Å². The highest BCUT2D eigenvalue weighted by molar-refractivity contribution is 6.10. The molecule has 0 atom stereocenters. The molecule has 0 radical (unpaired) electrons. The van der Waals surface area contributed by atoms with Gasteiger partial charge in [-0.15, -0.1) is 0 Å². The first kappa shape index (κ1) is 16.1. The van der Waals surface area contributed by atoms with Gasteiger partial charge in [-0.05, 0) is 29.7 Å². The number of benzene rings is 3.